The molecule has 1 heterocycles. The Kier molecular flexibility index (Phi) is 5.50. The van der Waals surface area contributed by atoms with E-state index in [0.29, 0.717) is 24.5 Å². The predicted octanol–water partition coefficient (Wildman–Crippen LogP) is 2.21. The molecule has 0 saturated carbocycles. The van der Waals surface area contributed by atoms with Crippen LogP contribution in [0.2, 0.25) is 0 Å². The van der Waals surface area contributed by atoms with Crippen LogP contribution in [0.3, 0.4) is 0 Å². The number of nitrogens with one attached hydrogen (secondary N) is 1. The molecule has 20 heavy (non-hydrogen) atoms. The lowest BCUT2D eigenvalue weighted by Crippen LogP contribution is -2.45. The lowest BCUT2D eigenvalue weighted by atomic mass is 9.93. The number of anilines is 1. The number of rotatable bonds is 8. The number of aromatic nitrogens is 2. The molecule has 0 saturated heterocycles. The molecule has 0 aliphatic carbocycles. The zero-order valence-electron chi connectivity index (χ0n) is 12.8. The first-order chi connectivity index (χ1) is 9.44. The second kappa shape index (κ2) is 6.69. The van der Waals surface area contributed by atoms with Crippen LogP contribution in [-0.4, -0.2) is 26.8 Å². The fourth-order valence-electron chi connectivity index (χ4n) is 2.32. The molecule has 0 aliphatic heterocycles. The zero-order chi connectivity index (χ0) is 15.3. The van der Waals surface area contributed by atoms with Gasteiger partial charge in [-0.2, -0.15) is 5.10 Å². The Morgan fingerprint density at radius 2 is 2.00 bits per heavy atom. The lowest BCUT2D eigenvalue weighted by Gasteiger charge is -2.31. The van der Waals surface area contributed by atoms with E-state index in [1.165, 1.54) is 0 Å². The minimum absolute atomic E-state index is 0.0778. The first kappa shape index (κ1) is 16.4. The first-order valence-corrected chi connectivity index (χ1v) is 7.13. The summed E-state index contributed by atoms with van der Waals surface area (Å²) < 4.78 is 1.55. The van der Waals surface area contributed by atoms with Crippen LogP contribution in [0.15, 0.2) is 0 Å². The van der Waals surface area contributed by atoms with Crippen molar-refractivity contribution in [2.45, 2.75) is 52.0 Å². The maximum Gasteiger partial charge on any atom is 0.334 e. The summed E-state index contributed by atoms with van der Waals surface area (Å²) in [5.41, 5.74) is 6.13. The van der Waals surface area contributed by atoms with Crippen molar-refractivity contribution in [2.24, 2.45) is 12.8 Å². The second-order valence-electron chi connectivity index (χ2n) is 5.09. The smallest absolute Gasteiger partial charge is 0.334 e. The highest BCUT2D eigenvalue weighted by Crippen LogP contribution is 2.32. The van der Waals surface area contributed by atoms with Crippen molar-refractivity contribution >= 4 is 11.5 Å². The summed E-state index contributed by atoms with van der Waals surface area (Å²) in [6.45, 7) is 6.45. The van der Waals surface area contributed by atoms with Crippen LogP contribution in [-0.2, 0) is 13.5 Å². The number of nitrogens with zero attached hydrogens (tertiary/aromatic N) is 3. The highest BCUT2D eigenvalue weighted by Gasteiger charge is 2.32. The number of hydrogen-bond donors (Lipinski definition) is 2. The number of nitrogens with two attached hydrogens (primary N) is 1. The maximum atomic E-state index is 11.4. The van der Waals surface area contributed by atoms with Crippen LogP contribution < -0.4 is 11.1 Å². The normalized spacial score (nSPS) is 11.7. The van der Waals surface area contributed by atoms with Crippen molar-refractivity contribution in [3.63, 3.8) is 0 Å². The highest BCUT2D eigenvalue weighted by atomic mass is 16.6. The molecule has 114 valence electrons. The third-order valence-corrected chi connectivity index (χ3v) is 3.89. The molecule has 0 aliphatic rings. The summed E-state index contributed by atoms with van der Waals surface area (Å²) in [4.78, 5) is 11.0. The van der Waals surface area contributed by atoms with E-state index in [4.69, 9.17) is 5.73 Å². The van der Waals surface area contributed by atoms with Gasteiger partial charge < -0.3 is 11.1 Å². The zero-order valence-corrected chi connectivity index (χ0v) is 12.8. The molecular weight excluding hydrogens is 258 g/mol. The van der Waals surface area contributed by atoms with Gasteiger partial charge in [0.15, 0.2) is 0 Å². The average molecular weight is 283 g/mol. The summed E-state index contributed by atoms with van der Waals surface area (Å²) in [6.07, 6.45) is 3.01. The number of aryl methyl sites for hydroxylation is 2. The summed E-state index contributed by atoms with van der Waals surface area (Å²) in [5, 5.41) is 18.9. The molecule has 0 amide bonds. The molecule has 0 radical (unpaired) electrons. The van der Waals surface area contributed by atoms with Gasteiger partial charge >= 0.3 is 5.69 Å². The van der Waals surface area contributed by atoms with E-state index >= 15 is 0 Å². The van der Waals surface area contributed by atoms with Gasteiger partial charge in [0.25, 0.3) is 0 Å². The molecule has 1 aromatic rings. The van der Waals surface area contributed by atoms with Crippen molar-refractivity contribution < 1.29 is 4.92 Å². The SMILES string of the molecule is CCCc1nn(C)c(NC(CC)(CC)CN)c1[N+](=O)[O-]. The maximum absolute atomic E-state index is 11.4. The van der Waals surface area contributed by atoms with E-state index in [1.54, 1.807) is 11.7 Å². The van der Waals surface area contributed by atoms with E-state index in [9.17, 15) is 10.1 Å². The van der Waals surface area contributed by atoms with Crippen molar-refractivity contribution in [3.8, 4) is 0 Å². The summed E-state index contributed by atoms with van der Waals surface area (Å²) in [6, 6.07) is 0. The van der Waals surface area contributed by atoms with Gasteiger partial charge in [0.05, 0.1) is 10.5 Å². The molecular formula is C13H25N5O2. The van der Waals surface area contributed by atoms with Gasteiger partial charge in [0.1, 0.15) is 5.69 Å². The Hall–Kier alpha value is -1.63. The molecule has 0 spiro atoms. The molecule has 0 bridgehead atoms. The Morgan fingerprint density at radius 1 is 1.40 bits per heavy atom. The lowest BCUT2D eigenvalue weighted by molar-refractivity contribution is -0.384. The number of nitro groups is 1. The van der Waals surface area contributed by atoms with E-state index in [-0.39, 0.29) is 16.1 Å². The van der Waals surface area contributed by atoms with E-state index < -0.39 is 0 Å². The molecule has 0 atom stereocenters. The van der Waals surface area contributed by atoms with Crippen molar-refractivity contribution in [1.29, 1.82) is 0 Å². The molecule has 7 heteroatoms. The monoisotopic (exact) mass is 283 g/mol. The summed E-state index contributed by atoms with van der Waals surface area (Å²) in [5.74, 6) is 0.451. The first-order valence-electron chi connectivity index (χ1n) is 7.13. The van der Waals surface area contributed by atoms with E-state index in [0.717, 1.165) is 19.3 Å². The topological polar surface area (TPSA) is 99.0 Å². The van der Waals surface area contributed by atoms with Gasteiger partial charge in [0, 0.05) is 13.6 Å². The van der Waals surface area contributed by atoms with Crippen LogP contribution in [0.5, 0.6) is 0 Å². The van der Waals surface area contributed by atoms with Gasteiger partial charge in [-0.15, -0.1) is 0 Å². The molecule has 0 fully saturated rings. The Labute approximate surface area is 119 Å². The standard InChI is InChI=1S/C13H25N5O2/c1-5-8-10-11(18(19)20)12(17(4)16-10)15-13(6-2,7-3)9-14/h15H,5-9,14H2,1-4H3. The molecule has 0 aromatic carbocycles. The van der Waals surface area contributed by atoms with Crippen molar-refractivity contribution in [3.05, 3.63) is 15.8 Å². The van der Waals surface area contributed by atoms with Crippen LogP contribution in [0, 0.1) is 10.1 Å². The van der Waals surface area contributed by atoms with Crippen LogP contribution in [0.25, 0.3) is 0 Å². The largest absolute Gasteiger partial charge is 0.358 e. The minimum atomic E-state index is -0.354. The molecule has 7 nitrogen and oxygen atoms in total. The van der Waals surface area contributed by atoms with Crippen molar-refractivity contribution in [1.82, 2.24) is 9.78 Å². The van der Waals surface area contributed by atoms with Crippen LogP contribution in [0.1, 0.15) is 45.7 Å². The van der Waals surface area contributed by atoms with E-state index in [1.807, 2.05) is 20.8 Å². The molecule has 1 rings (SSSR count). The summed E-state index contributed by atoms with van der Waals surface area (Å²) in [7, 11) is 1.72. The van der Waals surface area contributed by atoms with Crippen molar-refractivity contribution in [2.75, 3.05) is 11.9 Å². The Morgan fingerprint density at radius 3 is 2.40 bits per heavy atom. The summed E-state index contributed by atoms with van der Waals surface area (Å²) >= 11 is 0. The van der Waals surface area contributed by atoms with Gasteiger partial charge in [-0.05, 0) is 19.3 Å². The van der Waals surface area contributed by atoms with Gasteiger partial charge in [-0.25, -0.2) is 4.68 Å². The van der Waals surface area contributed by atoms with Gasteiger partial charge in [0.2, 0.25) is 5.82 Å². The fourth-order valence-corrected chi connectivity index (χ4v) is 2.32. The quantitative estimate of drug-likeness (QED) is 0.563. The Bertz CT molecular complexity index is 457. The minimum Gasteiger partial charge on any atom is -0.358 e. The molecule has 3 N–H and O–H groups in total. The van der Waals surface area contributed by atoms with Crippen LogP contribution >= 0.6 is 0 Å². The molecule has 0 unspecified atom stereocenters. The Balaban J connectivity index is 3.26. The third-order valence-electron chi connectivity index (χ3n) is 3.89. The average Bonchev–Trinajstić information content (AvgIpc) is 2.72. The highest BCUT2D eigenvalue weighted by molar-refractivity contribution is 5.61. The number of hydrogen-bond acceptors (Lipinski definition) is 5. The second-order valence-corrected chi connectivity index (χ2v) is 5.09. The van der Waals surface area contributed by atoms with E-state index in [2.05, 4.69) is 10.4 Å². The molecule has 1 aromatic heterocycles. The van der Waals surface area contributed by atoms with Gasteiger partial charge in [-0.1, -0.05) is 27.2 Å². The van der Waals surface area contributed by atoms with Gasteiger partial charge in [-0.3, -0.25) is 10.1 Å². The van der Waals surface area contributed by atoms with Crippen LogP contribution in [0.4, 0.5) is 11.5 Å². The predicted molar refractivity (Wildman–Crippen MR) is 79.8 cm³/mol. The third kappa shape index (κ3) is 3.09. The fraction of sp³-hybridized carbons (Fsp3) is 0.769.